The number of esters is 1. The van der Waals surface area contributed by atoms with Gasteiger partial charge in [-0.2, -0.15) is 0 Å². The molecule has 0 amide bonds. The van der Waals surface area contributed by atoms with Crippen molar-refractivity contribution in [2.45, 2.75) is 6.92 Å². The molecule has 0 saturated heterocycles. The van der Waals surface area contributed by atoms with Crippen LogP contribution in [0, 0.1) is 6.92 Å². The standard InChI is InChI=1S/C13H12BrNO4/c1-7-11(13(16)18-3)12(15-19-7)9-5-4-8(14)6-10(9)17-2/h4-6H,1-3H3. The van der Waals surface area contributed by atoms with E-state index in [1.165, 1.54) is 7.11 Å². The lowest BCUT2D eigenvalue weighted by atomic mass is 10.1. The van der Waals surface area contributed by atoms with E-state index in [9.17, 15) is 4.79 Å². The highest BCUT2D eigenvalue weighted by atomic mass is 79.9. The molecule has 1 heterocycles. The minimum atomic E-state index is -0.487. The maximum atomic E-state index is 11.8. The number of halogens is 1. The first-order valence-electron chi connectivity index (χ1n) is 5.47. The van der Waals surface area contributed by atoms with Crippen LogP contribution in [0.2, 0.25) is 0 Å². The number of rotatable bonds is 3. The van der Waals surface area contributed by atoms with Crippen molar-refractivity contribution in [3.05, 3.63) is 34.0 Å². The van der Waals surface area contributed by atoms with Gasteiger partial charge in [-0.1, -0.05) is 21.1 Å². The van der Waals surface area contributed by atoms with Crippen molar-refractivity contribution in [2.24, 2.45) is 0 Å². The Bertz CT molecular complexity index is 621. The number of hydrogen-bond donors (Lipinski definition) is 0. The molecular weight excluding hydrogens is 314 g/mol. The molecule has 0 saturated carbocycles. The molecule has 0 bridgehead atoms. The lowest BCUT2D eigenvalue weighted by molar-refractivity contribution is 0.0599. The molecule has 0 aliphatic rings. The second kappa shape index (κ2) is 5.44. The van der Waals surface area contributed by atoms with Gasteiger partial charge in [-0.25, -0.2) is 4.79 Å². The summed E-state index contributed by atoms with van der Waals surface area (Å²) in [6, 6.07) is 5.43. The fraction of sp³-hybridized carbons (Fsp3) is 0.231. The Morgan fingerprint density at radius 1 is 1.37 bits per heavy atom. The highest BCUT2D eigenvalue weighted by Crippen LogP contribution is 2.35. The predicted molar refractivity (Wildman–Crippen MR) is 72.3 cm³/mol. The lowest BCUT2D eigenvalue weighted by Gasteiger charge is -2.07. The van der Waals surface area contributed by atoms with E-state index < -0.39 is 5.97 Å². The van der Waals surface area contributed by atoms with Crippen LogP contribution in [0.4, 0.5) is 0 Å². The largest absolute Gasteiger partial charge is 0.496 e. The van der Waals surface area contributed by atoms with Crippen LogP contribution in [0.1, 0.15) is 16.1 Å². The molecule has 0 aliphatic heterocycles. The van der Waals surface area contributed by atoms with Crippen LogP contribution in [0.3, 0.4) is 0 Å². The molecule has 2 aromatic rings. The Labute approximate surface area is 118 Å². The van der Waals surface area contributed by atoms with Gasteiger partial charge in [0.1, 0.15) is 22.8 Å². The normalized spacial score (nSPS) is 10.3. The molecule has 5 nitrogen and oxygen atoms in total. The van der Waals surface area contributed by atoms with Crippen LogP contribution in [0.25, 0.3) is 11.3 Å². The number of aryl methyl sites for hydroxylation is 1. The second-order valence-electron chi connectivity index (χ2n) is 3.80. The van der Waals surface area contributed by atoms with E-state index >= 15 is 0 Å². The molecule has 0 aliphatic carbocycles. The summed E-state index contributed by atoms with van der Waals surface area (Å²) in [6.07, 6.45) is 0. The van der Waals surface area contributed by atoms with E-state index in [1.54, 1.807) is 26.2 Å². The number of carbonyl (C=O) groups is 1. The molecule has 0 fully saturated rings. The number of methoxy groups -OCH3 is 2. The van der Waals surface area contributed by atoms with Crippen molar-refractivity contribution < 1.29 is 18.8 Å². The summed E-state index contributed by atoms with van der Waals surface area (Å²) in [5.74, 6) is 0.512. The van der Waals surface area contributed by atoms with Crippen LogP contribution in [0.15, 0.2) is 27.2 Å². The summed E-state index contributed by atoms with van der Waals surface area (Å²) in [7, 11) is 2.87. The Morgan fingerprint density at radius 3 is 2.74 bits per heavy atom. The van der Waals surface area contributed by atoms with Crippen molar-refractivity contribution in [1.82, 2.24) is 5.16 Å². The van der Waals surface area contributed by atoms with E-state index in [0.717, 1.165) is 4.47 Å². The third kappa shape index (κ3) is 2.49. The third-order valence-electron chi connectivity index (χ3n) is 2.67. The van der Waals surface area contributed by atoms with Gasteiger partial charge in [0.15, 0.2) is 0 Å². The summed E-state index contributed by atoms with van der Waals surface area (Å²) >= 11 is 3.36. The zero-order valence-corrected chi connectivity index (χ0v) is 12.3. The smallest absolute Gasteiger partial charge is 0.343 e. The van der Waals surface area contributed by atoms with Gasteiger partial charge in [-0.15, -0.1) is 0 Å². The summed E-state index contributed by atoms with van der Waals surface area (Å²) in [5.41, 5.74) is 1.39. The van der Waals surface area contributed by atoms with Crippen molar-refractivity contribution in [3.63, 3.8) is 0 Å². The van der Waals surface area contributed by atoms with E-state index in [2.05, 4.69) is 21.1 Å². The van der Waals surface area contributed by atoms with Crippen molar-refractivity contribution in [3.8, 4) is 17.0 Å². The molecule has 0 unspecified atom stereocenters. The van der Waals surface area contributed by atoms with Gasteiger partial charge in [0.2, 0.25) is 0 Å². The Hall–Kier alpha value is -1.82. The number of nitrogens with zero attached hydrogens (tertiary/aromatic N) is 1. The Balaban J connectivity index is 2.63. The SMILES string of the molecule is COC(=O)c1c(-c2ccc(Br)cc2OC)noc1C. The van der Waals surface area contributed by atoms with Gasteiger partial charge in [-0.3, -0.25) is 0 Å². The molecule has 0 atom stereocenters. The van der Waals surface area contributed by atoms with Gasteiger partial charge >= 0.3 is 5.97 Å². The number of aromatic nitrogens is 1. The summed E-state index contributed by atoms with van der Waals surface area (Å²) in [5, 5.41) is 3.92. The molecule has 0 radical (unpaired) electrons. The van der Waals surface area contributed by atoms with E-state index in [4.69, 9.17) is 14.0 Å². The van der Waals surface area contributed by atoms with Crippen LogP contribution < -0.4 is 4.74 Å². The zero-order chi connectivity index (χ0) is 14.0. The van der Waals surface area contributed by atoms with Crippen LogP contribution in [-0.2, 0) is 4.74 Å². The highest BCUT2D eigenvalue weighted by molar-refractivity contribution is 9.10. The molecule has 1 aromatic heterocycles. The molecule has 2 rings (SSSR count). The maximum absolute atomic E-state index is 11.8. The summed E-state index contributed by atoms with van der Waals surface area (Å²) in [4.78, 5) is 11.8. The van der Waals surface area contributed by atoms with Gasteiger partial charge in [0.25, 0.3) is 0 Å². The summed E-state index contributed by atoms with van der Waals surface area (Å²) < 4.78 is 16.0. The zero-order valence-electron chi connectivity index (χ0n) is 10.7. The third-order valence-corrected chi connectivity index (χ3v) is 3.16. The van der Waals surface area contributed by atoms with Crippen LogP contribution >= 0.6 is 15.9 Å². The van der Waals surface area contributed by atoms with Crippen molar-refractivity contribution in [1.29, 1.82) is 0 Å². The van der Waals surface area contributed by atoms with Gasteiger partial charge in [0.05, 0.1) is 14.2 Å². The molecule has 1 aromatic carbocycles. The average molecular weight is 326 g/mol. The average Bonchev–Trinajstić information content (AvgIpc) is 2.79. The number of benzene rings is 1. The maximum Gasteiger partial charge on any atom is 0.343 e. The first-order chi connectivity index (χ1) is 9.08. The van der Waals surface area contributed by atoms with Crippen molar-refractivity contribution >= 4 is 21.9 Å². The number of ether oxygens (including phenoxy) is 2. The van der Waals surface area contributed by atoms with Gasteiger partial charge in [-0.05, 0) is 25.1 Å². The van der Waals surface area contributed by atoms with E-state index in [0.29, 0.717) is 28.3 Å². The fourth-order valence-corrected chi connectivity index (χ4v) is 2.10. The van der Waals surface area contributed by atoms with E-state index in [-0.39, 0.29) is 0 Å². The Morgan fingerprint density at radius 2 is 2.11 bits per heavy atom. The highest BCUT2D eigenvalue weighted by Gasteiger charge is 2.24. The van der Waals surface area contributed by atoms with Crippen molar-refractivity contribution in [2.75, 3.05) is 14.2 Å². The minimum Gasteiger partial charge on any atom is -0.496 e. The number of hydrogen-bond acceptors (Lipinski definition) is 5. The molecule has 6 heteroatoms. The summed E-state index contributed by atoms with van der Waals surface area (Å²) in [6.45, 7) is 1.66. The first-order valence-corrected chi connectivity index (χ1v) is 6.26. The topological polar surface area (TPSA) is 61.6 Å². The predicted octanol–water partition coefficient (Wildman–Crippen LogP) is 3.21. The first kappa shape index (κ1) is 13.6. The van der Waals surface area contributed by atoms with Crippen LogP contribution in [-0.4, -0.2) is 25.3 Å². The molecule has 0 spiro atoms. The van der Waals surface area contributed by atoms with Gasteiger partial charge in [0, 0.05) is 10.0 Å². The monoisotopic (exact) mass is 325 g/mol. The van der Waals surface area contributed by atoms with Gasteiger partial charge < -0.3 is 14.0 Å². The minimum absolute atomic E-state index is 0.308. The van der Waals surface area contributed by atoms with E-state index in [1.807, 2.05) is 6.07 Å². The molecule has 19 heavy (non-hydrogen) atoms. The fourth-order valence-electron chi connectivity index (χ4n) is 1.76. The molecule has 100 valence electrons. The quantitative estimate of drug-likeness (QED) is 0.811. The lowest BCUT2D eigenvalue weighted by Crippen LogP contribution is -2.04. The Kier molecular flexibility index (Phi) is 3.90. The second-order valence-corrected chi connectivity index (χ2v) is 4.71. The molecule has 0 N–H and O–H groups in total. The molecular formula is C13H12BrNO4. The van der Waals surface area contributed by atoms with Crippen LogP contribution in [0.5, 0.6) is 5.75 Å². The number of carbonyl (C=O) groups excluding carboxylic acids is 1.